The first kappa shape index (κ1) is 14.0. The van der Waals surface area contributed by atoms with Gasteiger partial charge in [0.05, 0.1) is 17.7 Å². The zero-order chi connectivity index (χ0) is 13.9. The minimum atomic E-state index is -0.238. The van der Waals surface area contributed by atoms with Crippen LogP contribution in [0.2, 0.25) is 0 Å². The van der Waals surface area contributed by atoms with E-state index in [4.69, 9.17) is 0 Å². The third kappa shape index (κ3) is 3.05. The Labute approximate surface area is 129 Å². The molecule has 0 radical (unpaired) electrons. The Balaban J connectivity index is 1.73. The van der Waals surface area contributed by atoms with Crippen LogP contribution in [0.1, 0.15) is 23.3 Å². The largest absolute Gasteiger partial charge is 0.468 e. The second-order valence-electron chi connectivity index (χ2n) is 4.50. The van der Waals surface area contributed by atoms with Gasteiger partial charge >= 0.3 is 5.97 Å². The molecule has 0 atom stereocenters. The Morgan fingerprint density at radius 1 is 1.35 bits per heavy atom. The van der Waals surface area contributed by atoms with Crippen molar-refractivity contribution in [3.05, 3.63) is 16.5 Å². The number of hydrogen-bond donors (Lipinski definition) is 0. The third-order valence-electron chi connectivity index (χ3n) is 3.16. The molecule has 0 bridgehead atoms. The minimum Gasteiger partial charge on any atom is -0.468 e. The van der Waals surface area contributed by atoms with Gasteiger partial charge in [0, 0.05) is 4.88 Å². The van der Waals surface area contributed by atoms with Gasteiger partial charge in [-0.1, -0.05) is 23.1 Å². The average molecular weight is 326 g/mol. The highest BCUT2D eigenvalue weighted by Crippen LogP contribution is 2.38. The van der Waals surface area contributed by atoms with Crippen LogP contribution in [0.4, 0.5) is 0 Å². The van der Waals surface area contributed by atoms with Gasteiger partial charge in [-0.2, -0.15) is 0 Å². The predicted molar refractivity (Wildman–Crippen MR) is 82.6 cm³/mol. The number of ether oxygens (including phenoxy) is 1. The van der Waals surface area contributed by atoms with Crippen molar-refractivity contribution < 1.29 is 9.53 Å². The van der Waals surface area contributed by atoms with Gasteiger partial charge < -0.3 is 4.74 Å². The van der Waals surface area contributed by atoms with E-state index in [-0.39, 0.29) is 11.7 Å². The lowest BCUT2D eigenvalue weighted by Gasteiger charge is -2.08. The molecule has 0 unspecified atom stereocenters. The lowest BCUT2D eigenvalue weighted by Crippen LogP contribution is -2.02. The summed E-state index contributed by atoms with van der Waals surface area (Å²) in [5.41, 5.74) is 1.48. The van der Waals surface area contributed by atoms with Crippen molar-refractivity contribution in [3.63, 3.8) is 0 Å². The van der Waals surface area contributed by atoms with Gasteiger partial charge in [-0.05, 0) is 37.3 Å². The van der Waals surface area contributed by atoms with Crippen molar-refractivity contribution in [1.29, 1.82) is 0 Å². The van der Waals surface area contributed by atoms with E-state index in [0.717, 1.165) is 9.35 Å². The molecule has 20 heavy (non-hydrogen) atoms. The van der Waals surface area contributed by atoms with E-state index in [2.05, 4.69) is 21.0 Å². The van der Waals surface area contributed by atoms with Crippen LogP contribution in [-0.2, 0) is 22.4 Å². The Morgan fingerprint density at radius 2 is 2.20 bits per heavy atom. The molecular formula is C13H14N2O2S3. The maximum Gasteiger partial charge on any atom is 0.316 e. The summed E-state index contributed by atoms with van der Waals surface area (Å²) in [6.45, 7) is 0. The first-order chi connectivity index (χ1) is 9.76. The molecule has 2 heterocycles. The Hall–Kier alpha value is -0.920. The van der Waals surface area contributed by atoms with E-state index in [0.29, 0.717) is 0 Å². The normalized spacial score (nSPS) is 14.1. The molecule has 4 nitrogen and oxygen atoms in total. The molecule has 0 spiro atoms. The fraction of sp³-hybridized carbons (Fsp3) is 0.462. The fourth-order valence-corrected chi connectivity index (χ4v) is 5.12. The number of methoxy groups -OCH3 is 1. The fourth-order valence-electron chi connectivity index (χ4n) is 2.14. The van der Waals surface area contributed by atoms with E-state index in [9.17, 15) is 4.79 Å². The summed E-state index contributed by atoms with van der Waals surface area (Å²) < 4.78 is 5.43. The molecule has 106 valence electrons. The van der Waals surface area contributed by atoms with Crippen molar-refractivity contribution in [2.75, 3.05) is 12.9 Å². The lowest BCUT2D eigenvalue weighted by molar-refractivity contribution is -0.137. The number of thiophene rings is 1. The number of esters is 1. The van der Waals surface area contributed by atoms with Gasteiger partial charge in [-0.15, -0.1) is 21.5 Å². The highest BCUT2D eigenvalue weighted by molar-refractivity contribution is 8.01. The summed E-state index contributed by atoms with van der Waals surface area (Å²) in [6.07, 6.45) is 4.97. The van der Waals surface area contributed by atoms with Gasteiger partial charge in [0.15, 0.2) is 9.35 Å². The van der Waals surface area contributed by atoms with E-state index < -0.39 is 0 Å². The van der Waals surface area contributed by atoms with Crippen molar-refractivity contribution in [2.24, 2.45) is 0 Å². The Kier molecular flexibility index (Phi) is 4.38. The van der Waals surface area contributed by atoms with Crippen molar-refractivity contribution in [3.8, 4) is 9.88 Å². The molecule has 0 amide bonds. The molecular weight excluding hydrogens is 312 g/mol. The van der Waals surface area contributed by atoms with Crippen molar-refractivity contribution in [1.82, 2.24) is 10.2 Å². The second kappa shape index (κ2) is 6.24. The van der Waals surface area contributed by atoms with Crippen molar-refractivity contribution in [2.45, 2.75) is 30.0 Å². The number of nitrogens with zero attached hydrogens (tertiary/aromatic N) is 2. The number of aromatic nitrogens is 2. The van der Waals surface area contributed by atoms with E-state index in [1.165, 1.54) is 59.9 Å². The standard InChI is InChI=1S/C13H14N2O2S3/c1-17-11(16)7-18-13-15-14-12(20-13)10-6-8-4-2-3-5-9(8)19-10/h6H,2-5,7H2,1H3. The summed E-state index contributed by atoms with van der Waals surface area (Å²) in [4.78, 5) is 13.8. The summed E-state index contributed by atoms with van der Waals surface area (Å²) in [6, 6.07) is 2.26. The number of rotatable bonds is 4. The van der Waals surface area contributed by atoms with Crippen LogP contribution in [0, 0.1) is 0 Å². The zero-order valence-electron chi connectivity index (χ0n) is 11.0. The molecule has 7 heteroatoms. The molecule has 0 N–H and O–H groups in total. The van der Waals surface area contributed by atoms with Gasteiger partial charge in [-0.3, -0.25) is 4.79 Å². The summed E-state index contributed by atoms with van der Waals surface area (Å²) in [7, 11) is 1.39. The second-order valence-corrected chi connectivity index (χ2v) is 7.84. The van der Waals surface area contributed by atoms with E-state index >= 15 is 0 Å². The maximum absolute atomic E-state index is 11.1. The summed E-state index contributed by atoms with van der Waals surface area (Å²) >= 11 is 4.76. The van der Waals surface area contributed by atoms with Gasteiger partial charge in [0.1, 0.15) is 0 Å². The smallest absolute Gasteiger partial charge is 0.316 e. The minimum absolute atomic E-state index is 0.238. The molecule has 2 aromatic rings. The molecule has 0 aliphatic heterocycles. The van der Waals surface area contributed by atoms with Gasteiger partial charge in [0.2, 0.25) is 0 Å². The van der Waals surface area contributed by atoms with Crippen LogP contribution in [0.25, 0.3) is 9.88 Å². The zero-order valence-corrected chi connectivity index (χ0v) is 13.5. The number of fused-ring (bicyclic) bond motifs is 1. The lowest BCUT2D eigenvalue weighted by atomic mass is 9.99. The topological polar surface area (TPSA) is 52.1 Å². The maximum atomic E-state index is 11.1. The molecule has 0 fully saturated rings. The van der Waals surface area contributed by atoms with Crippen LogP contribution in [0.5, 0.6) is 0 Å². The number of thioether (sulfide) groups is 1. The molecule has 0 aromatic carbocycles. The van der Waals surface area contributed by atoms with Crippen LogP contribution in [0.15, 0.2) is 10.4 Å². The van der Waals surface area contributed by atoms with Crippen molar-refractivity contribution >= 4 is 40.4 Å². The number of carbonyl (C=O) groups excluding carboxylic acids is 1. The first-order valence-electron chi connectivity index (χ1n) is 6.41. The summed E-state index contributed by atoms with van der Waals surface area (Å²) in [5.74, 6) is 0.0462. The van der Waals surface area contributed by atoms with Crippen LogP contribution >= 0.6 is 34.4 Å². The van der Waals surface area contributed by atoms with Crippen LogP contribution in [-0.4, -0.2) is 29.0 Å². The monoisotopic (exact) mass is 326 g/mol. The number of hydrogen-bond acceptors (Lipinski definition) is 7. The first-order valence-corrected chi connectivity index (χ1v) is 9.03. The molecule has 1 aliphatic carbocycles. The molecule has 0 saturated carbocycles. The molecule has 3 rings (SSSR count). The van der Waals surface area contributed by atoms with E-state index in [1.807, 2.05) is 11.3 Å². The SMILES string of the molecule is COC(=O)CSc1nnc(-c2cc3c(s2)CCCC3)s1. The highest BCUT2D eigenvalue weighted by Gasteiger charge is 2.17. The van der Waals surface area contributed by atoms with Crippen LogP contribution in [0.3, 0.4) is 0 Å². The highest BCUT2D eigenvalue weighted by atomic mass is 32.2. The number of carbonyl (C=O) groups is 1. The molecule has 1 aliphatic rings. The molecule has 2 aromatic heterocycles. The Morgan fingerprint density at radius 3 is 3.00 bits per heavy atom. The summed E-state index contributed by atoms with van der Waals surface area (Å²) in [5, 5.41) is 9.33. The van der Waals surface area contributed by atoms with Crippen LogP contribution < -0.4 is 0 Å². The van der Waals surface area contributed by atoms with Gasteiger partial charge in [-0.25, -0.2) is 0 Å². The van der Waals surface area contributed by atoms with E-state index in [1.54, 1.807) is 11.3 Å². The predicted octanol–water partition coefficient (Wildman–Crippen LogP) is 3.41. The average Bonchev–Trinajstić information content (AvgIpc) is 3.10. The molecule has 0 saturated heterocycles. The number of aryl methyl sites for hydroxylation is 2. The Bertz CT molecular complexity index is 597. The quantitative estimate of drug-likeness (QED) is 0.636. The third-order valence-corrected chi connectivity index (χ3v) is 6.59. The van der Waals surface area contributed by atoms with Gasteiger partial charge in [0.25, 0.3) is 0 Å².